The quantitative estimate of drug-likeness (QED) is 0.412. The molecular weight excluding hydrogens is 413 g/mol. The van der Waals surface area contributed by atoms with Gasteiger partial charge in [0.1, 0.15) is 24.2 Å². The molecule has 0 amide bonds. The third-order valence-electron chi connectivity index (χ3n) is 5.13. The van der Waals surface area contributed by atoms with Crippen molar-refractivity contribution < 1.29 is 13.9 Å². The molecule has 2 aliphatic rings. The molecule has 0 aliphatic heterocycles. The first-order valence-electron chi connectivity index (χ1n) is 9.37. The molecule has 29 heavy (non-hydrogen) atoms. The van der Waals surface area contributed by atoms with Crippen molar-refractivity contribution in [2.24, 2.45) is 4.52 Å². The Labute approximate surface area is 175 Å². The molecule has 0 bridgehead atoms. The molecule has 2 fully saturated rings. The highest BCUT2D eigenvalue weighted by molar-refractivity contribution is 8.29. The zero-order valence-corrected chi connectivity index (χ0v) is 17.1. The Hall–Kier alpha value is -2.43. The van der Waals surface area contributed by atoms with Crippen LogP contribution in [0, 0.1) is 22.7 Å². The van der Waals surface area contributed by atoms with Gasteiger partial charge in [-0.25, -0.2) is 4.39 Å². The normalized spacial score (nSPS) is 17.3. The molecule has 0 aromatic heterocycles. The standard InChI is InChI=1S/C21H19ClFN3O2S/c22-15-3-6-20(13(7-15)10-24)28-11-14-8-19(23)18(9-17(14)12-1-2-12)21(27)29(26-25)16-4-5-16/h3,6-9,12,16,25,29H,1-2,4-5,11H2. The number of ether oxygens (including phenoxy) is 1. The van der Waals surface area contributed by atoms with Crippen LogP contribution in [0.5, 0.6) is 5.75 Å². The zero-order valence-electron chi connectivity index (χ0n) is 15.5. The number of nitrogens with zero attached hydrogens (tertiary/aromatic N) is 2. The van der Waals surface area contributed by atoms with E-state index in [9.17, 15) is 14.4 Å². The van der Waals surface area contributed by atoms with Crippen LogP contribution < -0.4 is 4.74 Å². The molecule has 4 rings (SSSR count). The lowest BCUT2D eigenvalue weighted by Gasteiger charge is -2.17. The number of nitrogens with one attached hydrogen (secondary N) is 1. The third kappa shape index (κ3) is 4.29. The predicted octanol–water partition coefficient (Wildman–Crippen LogP) is 6.06. The smallest absolute Gasteiger partial charge is 0.222 e. The Morgan fingerprint density at radius 1 is 1.31 bits per heavy atom. The Morgan fingerprint density at radius 3 is 2.69 bits per heavy atom. The fraction of sp³-hybridized carbons (Fsp3) is 0.333. The van der Waals surface area contributed by atoms with Gasteiger partial charge in [0.05, 0.1) is 11.1 Å². The van der Waals surface area contributed by atoms with Crippen molar-refractivity contribution in [3.8, 4) is 11.8 Å². The number of nitriles is 1. The van der Waals surface area contributed by atoms with Crippen LogP contribution in [0.1, 0.15) is 58.6 Å². The largest absolute Gasteiger partial charge is 0.488 e. The van der Waals surface area contributed by atoms with E-state index in [1.54, 1.807) is 18.2 Å². The van der Waals surface area contributed by atoms with E-state index in [2.05, 4.69) is 4.52 Å². The van der Waals surface area contributed by atoms with Crippen molar-refractivity contribution in [1.29, 1.82) is 10.8 Å². The van der Waals surface area contributed by atoms with Gasteiger partial charge in [0.2, 0.25) is 5.12 Å². The van der Waals surface area contributed by atoms with Crippen LogP contribution in [0.3, 0.4) is 0 Å². The van der Waals surface area contributed by atoms with Crippen LogP contribution in [0.2, 0.25) is 5.02 Å². The second kappa shape index (κ2) is 8.13. The Balaban J connectivity index is 1.61. The topological polar surface area (TPSA) is 86.3 Å². The lowest BCUT2D eigenvalue weighted by atomic mass is 10.00. The van der Waals surface area contributed by atoms with Gasteiger partial charge >= 0.3 is 0 Å². The van der Waals surface area contributed by atoms with Crippen LogP contribution in [-0.4, -0.2) is 10.4 Å². The summed E-state index contributed by atoms with van der Waals surface area (Å²) >= 11 is 4.41. The summed E-state index contributed by atoms with van der Waals surface area (Å²) in [6, 6.07) is 9.79. The van der Waals surface area contributed by atoms with Gasteiger partial charge in [0.25, 0.3) is 0 Å². The molecule has 0 heterocycles. The first kappa shape index (κ1) is 19.9. The SMILES string of the molecule is N#Cc1cc(Cl)ccc1OCc1cc(F)c(C(=O)[SH](N=N)C2CC2)cc1C1CC1. The molecule has 2 aromatic rings. The van der Waals surface area contributed by atoms with Crippen molar-refractivity contribution >= 4 is 27.8 Å². The highest BCUT2D eigenvalue weighted by Crippen LogP contribution is 2.50. The average Bonchev–Trinajstić information content (AvgIpc) is 3.61. The minimum atomic E-state index is -1.50. The molecule has 1 atom stereocenters. The van der Waals surface area contributed by atoms with Crippen molar-refractivity contribution in [2.75, 3.05) is 0 Å². The molecule has 1 unspecified atom stereocenters. The number of carbonyl (C=O) groups is 1. The summed E-state index contributed by atoms with van der Waals surface area (Å²) in [6.07, 6.45) is 3.73. The Morgan fingerprint density at radius 2 is 2.07 bits per heavy atom. The molecule has 2 aromatic carbocycles. The summed E-state index contributed by atoms with van der Waals surface area (Å²) < 4.78 is 24.1. The molecule has 0 radical (unpaired) electrons. The van der Waals surface area contributed by atoms with E-state index in [0.717, 1.165) is 31.2 Å². The maximum atomic E-state index is 14.8. The van der Waals surface area contributed by atoms with Crippen LogP contribution >= 0.6 is 22.7 Å². The summed E-state index contributed by atoms with van der Waals surface area (Å²) in [7, 11) is 0. The van der Waals surface area contributed by atoms with Gasteiger partial charge in [0.15, 0.2) is 0 Å². The second-order valence-electron chi connectivity index (χ2n) is 7.33. The van der Waals surface area contributed by atoms with E-state index < -0.39 is 16.9 Å². The lowest BCUT2D eigenvalue weighted by molar-refractivity contribution is 0.108. The number of thiol groups is 1. The highest BCUT2D eigenvalue weighted by Gasteiger charge is 2.36. The van der Waals surface area contributed by atoms with Crippen molar-refractivity contribution in [3.63, 3.8) is 0 Å². The van der Waals surface area contributed by atoms with E-state index in [0.29, 0.717) is 21.9 Å². The lowest BCUT2D eigenvalue weighted by Crippen LogP contribution is -2.09. The van der Waals surface area contributed by atoms with Gasteiger partial charge in [-0.3, -0.25) is 4.79 Å². The highest BCUT2D eigenvalue weighted by atomic mass is 35.5. The average molecular weight is 432 g/mol. The maximum absolute atomic E-state index is 14.8. The number of hydrogen-bond acceptors (Lipinski definition) is 5. The summed E-state index contributed by atoms with van der Waals surface area (Å²) in [5, 5.41) is 9.46. The van der Waals surface area contributed by atoms with Gasteiger partial charge in [0, 0.05) is 10.3 Å². The van der Waals surface area contributed by atoms with Crippen LogP contribution in [0.25, 0.3) is 0 Å². The maximum Gasteiger partial charge on any atom is 0.222 e. The van der Waals surface area contributed by atoms with Gasteiger partial charge in [-0.2, -0.15) is 10.8 Å². The number of halogens is 2. The van der Waals surface area contributed by atoms with E-state index in [1.807, 2.05) is 6.07 Å². The molecule has 1 N–H and O–H groups in total. The molecule has 8 heteroatoms. The molecule has 2 saturated carbocycles. The number of benzene rings is 2. The fourth-order valence-corrected chi connectivity index (χ4v) is 5.12. The van der Waals surface area contributed by atoms with E-state index in [4.69, 9.17) is 21.9 Å². The van der Waals surface area contributed by atoms with Crippen LogP contribution in [0.15, 0.2) is 34.9 Å². The van der Waals surface area contributed by atoms with Crippen LogP contribution in [0.4, 0.5) is 4.39 Å². The van der Waals surface area contributed by atoms with Gasteiger partial charge in [-0.15, -0.1) is 4.52 Å². The Kier molecular flexibility index (Phi) is 5.57. The monoisotopic (exact) mass is 431 g/mol. The van der Waals surface area contributed by atoms with Crippen molar-refractivity contribution in [3.05, 3.63) is 63.4 Å². The molecular formula is C21H19ClFN3O2S. The number of carbonyl (C=O) groups excluding carboxylic acids is 1. The molecule has 0 saturated heterocycles. The first-order chi connectivity index (χ1) is 14.0. The number of hydrogen-bond donors (Lipinski definition) is 2. The third-order valence-corrected chi connectivity index (χ3v) is 7.45. The van der Waals surface area contributed by atoms with E-state index in [1.165, 1.54) is 12.1 Å². The minimum absolute atomic E-state index is 0.0360. The molecule has 150 valence electrons. The van der Waals surface area contributed by atoms with E-state index >= 15 is 0 Å². The summed E-state index contributed by atoms with van der Waals surface area (Å²) in [4.78, 5) is 12.8. The summed E-state index contributed by atoms with van der Waals surface area (Å²) in [5.74, 6) is 0.0531. The molecule has 0 spiro atoms. The number of rotatable bonds is 7. The molecule has 2 aliphatic carbocycles. The summed E-state index contributed by atoms with van der Waals surface area (Å²) in [5.41, 5.74) is 9.26. The summed E-state index contributed by atoms with van der Waals surface area (Å²) in [6.45, 7) is 0.0910. The first-order valence-corrected chi connectivity index (χ1v) is 11.1. The predicted molar refractivity (Wildman–Crippen MR) is 110 cm³/mol. The zero-order chi connectivity index (χ0) is 20.5. The minimum Gasteiger partial charge on any atom is -0.488 e. The van der Waals surface area contributed by atoms with Gasteiger partial charge < -0.3 is 4.74 Å². The van der Waals surface area contributed by atoms with Crippen molar-refractivity contribution in [2.45, 2.75) is 43.5 Å². The van der Waals surface area contributed by atoms with Gasteiger partial charge in [-0.1, -0.05) is 22.7 Å². The van der Waals surface area contributed by atoms with Crippen molar-refractivity contribution in [1.82, 2.24) is 0 Å². The van der Waals surface area contributed by atoms with Crippen LogP contribution in [-0.2, 0) is 6.61 Å². The van der Waals surface area contributed by atoms with Gasteiger partial charge in [-0.05, 0) is 73.1 Å². The second-order valence-corrected chi connectivity index (χ2v) is 9.79. The molecule has 5 nitrogen and oxygen atoms in total. The Bertz CT molecular complexity index is 1030. The fourth-order valence-electron chi connectivity index (χ4n) is 3.30. The van der Waals surface area contributed by atoms with E-state index in [-0.39, 0.29) is 28.5 Å².